The zero-order chi connectivity index (χ0) is 56.4. The number of hydrogen-bond acceptors (Lipinski definition) is 5. The van der Waals surface area contributed by atoms with Crippen molar-refractivity contribution in [1.82, 2.24) is 5.32 Å². The summed E-state index contributed by atoms with van der Waals surface area (Å²) in [6.45, 7) is 5.01. The van der Waals surface area contributed by atoms with Gasteiger partial charge in [-0.05, 0) is 25.7 Å². The number of unbranched alkanes of at least 4 members (excludes halogenated alkanes) is 58. The van der Waals surface area contributed by atoms with E-state index in [0.717, 1.165) is 38.5 Å². The molecule has 0 aromatic carbocycles. The molecule has 0 aliphatic carbocycles. The highest BCUT2D eigenvalue weighted by molar-refractivity contribution is 5.76. The number of aliphatic hydroxyl groups excluding tert-OH is 2. The van der Waals surface area contributed by atoms with Gasteiger partial charge in [0, 0.05) is 12.8 Å². The molecule has 3 N–H and O–H groups in total. The van der Waals surface area contributed by atoms with Crippen molar-refractivity contribution in [2.45, 2.75) is 437 Å². The monoisotopic (exact) mass is 1100 g/mol. The first kappa shape index (κ1) is 76.9. The number of nitrogens with one attached hydrogen (secondary N) is 1. The molecule has 78 heavy (non-hydrogen) atoms. The Morgan fingerprint density at radius 3 is 0.782 bits per heavy atom. The second kappa shape index (κ2) is 68.4. The first-order chi connectivity index (χ1) is 38.5. The standard InChI is InChI=1S/C72H143NO5/c1-3-5-7-9-11-13-15-17-18-19-20-28-31-34-37-41-44-48-52-56-60-64-70(75)69(68-74)73-71(76)65-61-57-53-49-45-42-38-35-32-29-26-24-22-21-23-25-27-30-33-36-39-43-47-51-55-59-63-67-78-72(77)66-62-58-54-50-46-40-16-14-12-10-8-6-4-2/h69-70,74-75H,3-68H2,1-2H3,(H,73,76). The number of carbonyl (C=O) groups excluding carboxylic acids is 2. The maximum atomic E-state index is 12.5. The number of ether oxygens (including phenoxy) is 1. The van der Waals surface area contributed by atoms with Gasteiger partial charge in [-0.1, -0.05) is 386 Å². The SMILES string of the molecule is CCCCCCCCCCCCCCCCCCCCCCCC(O)C(CO)NC(=O)CCCCCCCCCCCCCCCCCCCCCCCCCCCCCOC(=O)CCCCCCCCCCCCCCC. The van der Waals surface area contributed by atoms with Gasteiger partial charge in [0.25, 0.3) is 0 Å². The summed E-state index contributed by atoms with van der Waals surface area (Å²) in [6.07, 6.45) is 83.0. The highest BCUT2D eigenvalue weighted by Gasteiger charge is 2.20. The molecular formula is C72H143NO5. The van der Waals surface area contributed by atoms with Crippen molar-refractivity contribution in [1.29, 1.82) is 0 Å². The molecule has 2 unspecified atom stereocenters. The summed E-state index contributed by atoms with van der Waals surface area (Å²) in [5, 5.41) is 23.4. The Balaban J connectivity index is 3.34. The number of hydrogen-bond donors (Lipinski definition) is 3. The predicted octanol–water partition coefficient (Wildman–Crippen LogP) is 23.4. The minimum Gasteiger partial charge on any atom is -0.466 e. The number of rotatable bonds is 69. The summed E-state index contributed by atoms with van der Waals surface area (Å²) < 4.78 is 5.49. The van der Waals surface area contributed by atoms with Crippen molar-refractivity contribution in [3.63, 3.8) is 0 Å². The normalized spacial score (nSPS) is 12.4. The Kier molecular flexibility index (Phi) is 67.4. The lowest BCUT2D eigenvalue weighted by Gasteiger charge is -2.22. The van der Waals surface area contributed by atoms with Crippen molar-refractivity contribution >= 4 is 11.9 Å². The van der Waals surface area contributed by atoms with Crippen LogP contribution >= 0.6 is 0 Å². The summed E-state index contributed by atoms with van der Waals surface area (Å²) in [5.74, 6) is -0.00561. The van der Waals surface area contributed by atoms with Gasteiger partial charge in [0.05, 0.1) is 25.4 Å². The largest absolute Gasteiger partial charge is 0.466 e. The number of aliphatic hydroxyl groups is 2. The van der Waals surface area contributed by atoms with Crippen LogP contribution in [-0.4, -0.2) is 47.4 Å². The van der Waals surface area contributed by atoms with Crippen molar-refractivity contribution in [2.75, 3.05) is 13.2 Å². The Hall–Kier alpha value is -1.14. The van der Waals surface area contributed by atoms with Crippen LogP contribution in [0, 0.1) is 0 Å². The van der Waals surface area contributed by atoms with Gasteiger partial charge in [-0.25, -0.2) is 0 Å². The lowest BCUT2D eigenvalue weighted by atomic mass is 10.0. The Morgan fingerprint density at radius 2 is 0.526 bits per heavy atom. The number of esters is 1. The molecule has 0 spiro atoms. The highest BCUT2D eigenvalue weighted by atomic mass is 16.5. The molecule has 0 heterocycles. The molecule has 0 aliphatic heterocycles. The fraction of sp³-hybridized carbons (Fsp3) is 0.972. The van der Waals surface area contributed by atoms with E-state index in [1.165, 1.54) is 353 Å². The Morgan fingerprint density at radius 1 is 0.308 bits per heavy atom. The van der Waals surface area contributed by atoms with E-state index in [-0.39, 0.29) is 18.5 Å². The number of amides is 1. The molecule has 0 aromatic rings. The molecule has 0 radical (unpaired) electrons. The van der Waals surface area contributed by atoms with E-state index in [2.05, 4.69) is 19.2 Å². The molecule has 0 rings (SSSR count). The average Bonchev–Trinajstić information content (AvgIpc) is 3.44. The van der Waals surface area contributed by atoms with Crippen LogP contribution < -0.4 is 5.32 Å². The smallest absolute Gasteiger partial charge is 0.305 e. The quantitative estimate of drug-likeness (QED) is 0.0417. The minimum atomic E-state index is -0.662. The molecule has 466 valence electrons. The van der Waals surface area contributed by atoms with Gasteiger partial charge in [0.15, 0.2) is 0 Å². The molecule has 0 fully saturated rings. The lowest BCUT2D eigenvalue weighted by Crippen LogP contribution is -2.45. The lowest BCUT2D eigenvalue weighted by molar-refractivity contribution is -0.143. The summed E-state index contributed by atoms with van der Waals surface area (Å²) in [7, 11) is 0. The molecule has 6 nitrogen and oxygen atoms in total. The van der Waals surface area contributed by atoms with Crippen molar-refractivity contribution in [2.24, 2.45) is 0 Å². The molecule has 0 aromatic heterocycles. The molecular weight excluding hydrogens is 959 g/mol. The van der Waals surface area contributed by atoms with E-state index in [1.807, 2.05) is 0 Å². The molecule has 0 aliphatic rings. The first-order valence-corrected chi connectivity index (χ1v) is 36.3. The van der Waals surface area contributed by atoms with E-state index >= 15 is 0 Å². The average molecular weight is 1100 g/mol. The van der Waals surface area contributed by atoms with Gasteiger partial charge in [-0.15, -0.1) is 0 Å². The van der Waals surface area contributed by atoms with E-state index in [0.29, 0.717) is 25.9 Å². The van der Waals surface area contributed by atoms with Crippen LogP contribution in [0.3, 0.4) is 0 Å². The van der Waals surface area contributed by atoms with E-state index in [1.54, 1.807) is 0 Å². The number of carbonyl (C=O) groups is 2. The summed E-state index contributed by atoms with van der Waals surface area (Å²) in [4.78, 5) is 24.6. The van der Waals surface area contributed by atoms with Gasteiger partial charge < -0.3 is 20.3 Å². The Bertz CT molecular complexity index is 1130. The molecule has 6 heteroatoms. The Labute approximate surface area is 489 Å². The van der Waals surface area contributed by atoms with Crippen LogP contribution in [0.4, 0.5) is 0 Å². The molecule has 2 atom stereocenters. The maximum Gasteiger partial charge on any atom is 0.305 e. The topological polar surface area (TPSA) is 95.9 Å². The second-order valence-corrected chi connectivity index (χ2v) is 25.3. The van der Waals surface area contributed by atoms with Crippen molar-refractivity contribution < 1.29 is 24.5 Å². The van der Waals surface area contributed by atoms with Crippen LogP contribution in [0.25, 0.3) is 0 Å². The van der Waals surface area contributed by atoms with Crippen LogP contribution in [-0.2, 0) is 14.3 Å². The predicted molar refractivity (Wildman–Crippen MR) is 343 cm³/mol. The molecule has 0 saturated heterocycles. The fourth-order valence-corrected chi connectivity index (χ4v) is 11.9. The molecule has 0 saturated carbocycles. The molecule has 1 amide bonds. The van der Waals surface area contributed by atoms with E-state index in [4.69, 9.17) is 4.74 Å². The zero-order valence-electron chi connectivity index (χ0n) is 53.4. The van der Waals surface area contributed by atoms with Crippen LogP contribution in [0.5, 0.6) is 0 Å². The van der Waals surface area contributed by atoms with Crippen molar-refractivity contribution in [3.05, 3.63) is 0 Å². The van der Waals surface area contributed by atoms with Gasteiger partial charge in [-0.3, -0.25) is 9.59 Å². The van der Waals surface area contributed by atoms with Gasteiger partial charge in [-0.2, -0.15) is 0 Å². The third kappa shape index (κ3) is 64.0. The van der Waals surface area contributed by atoms with Crippen LogP contribution in [0.1, 0.15) is 425 Å². The van der Waals surface area contributed by atoms with Crippen LogP contribution in [0.2, 0.25) is 0 Å². The zero-order valence-corrected chi connectivity index (χ0v) is 53.4. The summed E-state index contributed by atoms with van der Waals surface area (Å²) >= 11 is 0. The summed E-state index contributed by atoms with van der Waals surface area (Å²) in [6, 6.07) is -0.539. The second-order valence-electron chi connectivity index (χ2n) is 25.3. The molecule has 0 bridgehead atoms. The van der Waals surface area contributed by atoms with Gasteiger partial charge in [0.1, 0.15) is 0 Å². The third-order valence-corrected chi connectivity index (χ3v) is 17.4. The fourth-order valence-electron chi connectivity index (χ4n) is 11.9. The summed E-state index contributed by atoms with van der Waals surface area (Å²) in [5.41, 5.74) is 0. The maximum absolute atomic E-state index is 12.5. The minimum absolute atomic E-state index is 0.0210. The third-order valence-electron chi connectivity index (χ3n) is 17.4. The van der Waals surface area contributed by atoms with Gasteiger partial charge >= 0.3 is 5.97 Å². The van der Waals surface area contributed by atoms with Crippen LogP contribution in [0.15, 0.2) is 0 Å². The first-order valence-electron chi connectivity index (χ1n) is 36.3. The van der Waals surface area contributed by atoms with E-state index < -0.39 is 12.1 Å². The van der Waals surface area contributed by atoms with Gasteiger partial charge in [0.2, 0.25) is 5.91 Å². The highest BCUT2D eigenvalue weighted by Crippen LogP contribution is 2.20. The van der Waals surface area contributed by atoms with Crippen molar-refractivity contribution in [3.8, 4) is 0 Å². The van der Waals surface area contributed by atoms with E-state index in [9.17, 15) is 19.8 Å².